The van der Waals surface area contributed by atoms with E-state index in [0.717, 1.165) is 0 Å². The van der Waals surface area contributed by atoms with Crippen LogP contribution in [0.25, 0.3) is 0 Å². The largest absolute Gasteiger partial charge is 0.418 e. The van der Waals surface area contributed by atoms with Crippen LogP contribution in [0, 0.1) is 4.91 Å². The van der Waals surface area contributed by atoms with Gasteiger partial charge in [0, 0.05) is 6.07 Å². The summed E-state index contributed by atoms with van der Waals surface area (Å²) in [6.07, 6.45) is 0. The Bertz CT molecular complexity index is 383. The maximum atomic E-state index is 11.0. The summed E-state index contributed by atoms with van der Waals surface area (Å²) in [4.78, 5) is 22.0. The lowest BCUT2D eigenvalue weighted by molar-refractivity contribution is -0.701. The Hall–Kier alpha value is -1.33. The average molecular weight is 251 g/mol. The number of benzene rings is 1. The minimum atomic E-state index is -0.674. The highest BCUT2D eigenvalue weighted by molar-refractivity contribution is 6.26. The maximum absolute atomic E-state index is 11.0. The molecule has 7 heteroatoms. The van der Waals surface area contributed by atoms with E-state index in [1.54, 1.807) is 12.1 Å². The molecule has 15 heavy (non-hydrogen) atoms. The molecule has 0 amide bonds. The molecule has 0 radical (unpaired) electrons. The summed E-state index contributed by atoms with van der Waals surface area (Å²) in [6.45, 7) is 0. The molecule has 80 valence electrons. The van der Waals surface area contributed by atoms with Crippen LogP contribution in [0.1, 0.15) is 0 Å². The Kier molecular flexibility index (Phi) is 4.33. The van der Waals surface area contributed by atoms with Crippen molar-refractivity contribution in [3.05, 3.63) is 29.2 Å². The molecule has 0 spiro atoms. The number of halogens is 2. The van der Waals surface area contributed by atoms with Gasteiger partial charge in [0.2, 0.25) is 17.6 Å². The molecule has 0 atom stereocenters. The van der Waals surface area contributed by atoms with Gasteiger partial charge in [0.1, 0.15) is 5.88 Å². The Labute approximate surface area is 95.2 Å². The molecular weight excluding hydrogens is 245 g/mol. The number of esters is 1. The van der Waals surface area contributed by atoms with Gasteiger partial charge in [-0.25, -0.2) is 0 Å². The highest BCUT2D eigenvalue weighted by atomic mass is 35.5. The number of ether oxygens (including phenoxy) is 1. The number of hydrogen-bond donors (Lipinski definition) is 0. The normalized spacial score (nSPS) is 9.47. The van der Waals surface area contributed by atoms with E-state index in [0.29, 0.717) is 0 Å². The summed E-state index contributed by atoms with van der Waals surface area (Å²) in [5.41, 5.74) is -0.0223. The summed E-state index contributed by atoms with van der Waals surface area (Å²) >= 11 is 10.1. The summed E-state index contributed by atoms with van der Waals surface area (Å²) in [7, 11) is 0. The number of hydrogen-bond acceptors (Lipinski definition) is 4. The zero-order valence-corrected chi connectivity index (χ0v) is 8.86. The Morgan fingerprint density at radius 1 is 1.40 bits per heavy atom. The standard InChI is InChI=1S/C8H6Cl2NO4/c9-5-8(12)14-7-4-2-1-3-6(7)11(13)15-10/h1-4H,5H2/q+1. The number of alkyl halides is 1. The lowest BCUT2D eigenvalue weighted by atomic mass is 10.3. The topological polar surface area (TPSA) is 55.6 Å². The molecule has 1 rings (SSSR count). The summed E-state index contributed by atoms with van der Waals surface area (Å²) < 4.78 is 8.68. The van der Waals surface area contributed by atoms with Crippen LogP contribution in [-0.2, 0) is 9.18 Å². The van der Waals surface area contributed by atoms with E-state index in [-0.39, 0.29) is 22.2 Å². The van der Waals surface area contributed by atoms with Gasteiger partial charge in [-0.05, 0) is 6.07 Å². The van der Waals surface area contributed by atoms with Crippen LogP contribution < -0.4 is 4.74 Å². The smallest absolute Gasteiger partial charge is 0.360 e. The van der Waals surface area contributed by atoms with E-state index in [1.165, 1.54) is 12.1 Å². The Balaban J connectivity index is 2.96. The van der Waals surface area contributed by atoms with Crippen molar-refractivity contribution >= 4 is 35.1 Å². The molecule has 5 nitrogen and oxygen atoms in total. The lowest BCUT2D eigenvalue weighted by Crippen LogP contribution is -2.10. The predicted octanol–water partition coefficient (Wildman–Crippen LogP) is 2.33. The molecule has 0 saturated heterocycles. The van der Waals surface area contributed by atoms with Crippen LogP contribution >= 0.6 is 23.5 Å². The molecule has 0 heterocycles. The third-order valence-electron chi connectivity index (χ3n) is 1.46. The van der Waals surface area contributed by atoms with Gasteiger partial charge >= 0.3 is 11.7 Å². The predicted molar refractivity (Wildman–Crippen MR) is 53.0 cm³/mol. The van der Waals surface area contributed by atoms with Gasteiger partial charge in [-0.2, -0.15) is 0 Å². The zero-order chi connectivity index (χ0) is 11.3. The molecular formula is C8H6Cl2NO4+. The summed E-state index contributed by atoms with van der Waals surface area (Å²) in [5.74, 6) is -0.958. The number of rotatable bonds is 4. The second-order valence-corrected chi connectivity index (χ2v) is 2.81. The van der Waals surface area contributed by atoms with Crippen molar-refractivity contribution in [3.8, 4) is 5.75 Å². The van der Waals surface area contributed by atoms with E-state index in [9.17, 15) is 9.70 Å². The van der Waals surface area contributed by atoms with Crippen molar-refractivity contribution in [2.45, 2.75) is 0 Å². The van der Waals surface area contributed by atoms with Crippen molar-refractivity contribution in [3.63, 3.8) is 0 Å². The average Bonchev–Trinajstić information content (AvgIpc) is 2.28. The van der Waals surface area contributed by atoms with E-state index >= 15 is 0 Å². The first-order valence-electron chi connectivity index (χ1n) is 3.80. The van der Waals surface area contributed by atoms with Crippen LogP contribution in [0.5, 0.6) is 5.75 Å². The van der Waals surface area contributed by atoms with Crippen LogP contribution in [0.3, 0.4) is 0 Å². The first-order valence-corrected chi connectivity index (χ1v) is 4.65. The van der Waals surface area contributed by atoms with Crippen LogP contribution in [-0.4, -0.2) is 16.8 Å². The van der Waals surface area contributed by atoms with Gasteiger partial charge in [0.15, 0.2) is 0 Å². The zero-order valence-electron chi connectivity index (χ0n) is 7.35. The van der Waals surface area contributed by atoms with Crippen LogP contribution in [0.4, 0.5) is 5.69 Å². The molecule has 0 aromatic heterocycles. The van der Waals surface area contributed by atoms with Gasteiger partial charge in [-0.1, -0.05) is 16.5 Å². The van der Waals surface area contributed by atoms with Crippen LogP contribution in [0.2, 0.25) is 0 Å². The van der Waals surface area contributed by atoms with Crippen molar-refractivity contribution in [1.29, 1.82) is 0 Å². The molecule has 0 aliphatic heterocycles. The number of nitrogens with zero attached hydrogens (tertiary/aromatic N) is 1. The molecule has 1 aromatic rings. The molecule has 0 fully saturated rings. The van der Waals surface area contributed by atoms with E-state index in [4.69, 9.17) is 28.2 Å². The monoisotopic (exact) mass is 250 g/mol. The molecule has 1 aromatic carbocycles. The third kappa shape index (κ3) is 3.07. The van der Waals surface area contributed by atoms with E-state index < -0.39 is 5.97 Å². The fourth-order valence-corrected chi connectivity index (χ4v) is 1.01. The van der Waals surface area contributed by atoms with Gasteiger partial charge < -0.3 is 4.74 Å². The van der Waals surface area contributed by atoms with Crippen LogP contribution in [0.15, 0.2) is 24.3 Å². The van der Waals surface area contributed by atoms with Crippen molar-refractivity contribution in [2.75, 3.05) is 5.88 Å². The number of para-hydroxylation sites is 2. The maximum Gasteiger partial charge on any atom is 0.360 e. The van der Waals surface area contributed by atoms with Crippen molar-refractivity contribution in [1.82, 2.24) is 0 Å². The first kappa shape index (κ1) is 11.7. The molecule has 0 aliphatic carbocycles. The van der Waals surface area contributed by atoms with Gasteiger partial charge in [-0.15, -0.1) is 11.6 Å². The minimum absolute atomic E-state index is 0.0123. The number of carbonyl (C=O) groups excluding carboxylic acids is 1. The SMILES string of the molecule is O=C(CCl)Oc1ccccc1[N+](=O)OCl. The highest BCUT2D eigenvalue weighted by Crippen LogP contribution is 2.27. The fraction of sp³-hybridized carbons (Fsp3) is 0.125. The molecule has 0 aliphatic rings. The van der Waals surface area contributed by atoms with E-state index in [1.807, 2.05) is 0 Å². The van der Waals surface area contributed by atoms with Crippen molar-refractivity contribution < 1.29 is 18.8 Å². The fourth-order valence-electron chi connectivity index (χ4n) is 0.881. The lowest BCUT2D eigenvalue weighted by Gasteiger charge is -2.00. The van der Waals surface area contributed by atoms with Gasteiger partial charge in [0.05, 0.1) is 4.91 Å². The molecule has 0 unspecified atom stereocenters. The Morgan fingerprint density at radius 2 is 2.07 bits per heavy atom. The first-order chi connectivity index (χ1) is 7.19. The molecule has 0 saturated carbocycles. The van der Waals surface area contributed by atoms with Gasteiger partial charge in [-0.3, -0.25) is 4.79 Å². The second kappa shape index (κ2) is 5.53. The van der Waals surface area contributed by atoms with Crippen molar-refractivity contribution in [2.24, 2.45) is 0 Å². The van der Waals surface area contributed by atoms with E-state index in [2.05, 4.69) is 4.39 Å². The Morgan fingerprint density at radius 3 is 2.67 bits per heavy atom. The minimum Gasteiger partial charge on any atom is -0.418 e. The second-order valence-electron chi connectivity index (χ2n) is 2.40. The summed E-state index contributed by atoms with van der Waals surface area (Å²) in [6, 6.07) is 5.95. The highest BCUT2D eigenvalue weighted by Gasteiger charge is 2.23. The van der Waals surface area contributed by atoms with Gasteiger partial charge in [0.25, 0.3) is 4.92 Å². The molecule has 0 N–H and O–H groups in total. The number of carbonyl (C=O) groups is 1. The summed E-state index contributed by atoms with van der Waals surface area (Å²) in [5, 5.41) is 0. The third-order valence-corrected chi connectivity index (χ3v) is 1.80. The quantitative estimate of drug-likeness (QED) is 0.356. The molecule has 0 bridgehead atoms.